The van der Waals surface area contributed by atoms with Crippen LogP contribution in [0, 0.1) is 11.8 Å². The molecule has 0 aliphatic heterocycles. The van der Waals surface area contributed by atoms with Crippen LogP contribution in [0.4, 0.5) is 0 Å². The maximum Gasteiger partial charge on any atom is 0.329 e. The van der Waals surface area contributed by atoms with Crippen molar-refractivity contribution in [1.82, 2.24) is 16.0 Å². The summed E-state index contributed by atoms with van der Waals surface area (Å²) in [6, 6.07) is 20.6. The van der Waals surface area contributed by atoms with Crippen molar-refractivity contribution in [2.24, 2.45) is 11.8 Å². The van der Waals surface area contributed by atoms with E-state index in [-0.39, 0.29) is 30.8 Å². The third-order valence-electron chi connectivity index (χ3n) is 10.4. The number of amides is 3. The topological polar surface area (TPSA) is 114 Å². The van der Waals surface area contributed by atoms with Crippen LogP contribution in [0.25, 0.3) is 10.8 Å². The summed E-state index contributed by atoms with van der Waals surface area (Å²) in [6.07, 6.45) is 20.9. The molecule has 8 nitrogen and oxygen atoms in total. The average molecular weight is 782 g/mol. The standard InChI is InChI=1S/C49H71N3O5/c1-6-7-8-9-10-11-12-13-14-15-16-17-18-19-23-33-45(53)50-44(35-41-31-26-30-40-29-24-25-32-42(40)41)47(54)51-43(34-37(2)3)48(55)52-46(38(4)5)49(56)57-36-39-27-21-20-22-28-39/h13-14,20-22,24-32,37-38,43-44,46H,6-12,15-19,23,33-36H2,1-5H3,(H,50,53)(H,51,54)(H,52,55)/b14-13-. The molecule has 3 rings (SSSR count). The van der Waals surface area contributed by atoms with Gasteiger partial charge < -0.3 is 20.7 Å². The molecular formula is C49H71N3O5. The van der Waals surface area contributed by atoms with Gasteiger partial charge in [0.1, 0.15) is 24.7 Å². The Labute approximate surface area is 343 Å². The minimum Gasteiger partial charge on any atom is -0.459 e. The monoisotopic (exact) mass is 782 g/mol. The fourth-order valence-electron chi connectivity index (χ4n) is 7.07. The molecule has 3 aromatic rings. The van der Waals surface area contributed by atoms with Crippen molar-refractivity contribution in [3.8, 4) is 0 Å². The zero-order chi connectivity index (χ0) is 41.3. The summed E-state index contributed by atoms with van der Waals surface area (Å²) < 4.78 is 5.58. The molecule has 3 N–H and O–H groups in total. The number of nitrogens with one attached hydrogen (secondary N) is 3. The molecule has 8 heteroatoms. The van der Waals surface area contributed by atoms with Crippen LogP contribution in [0.15, 0.2) is 84.9 Å². The maximum absolute atomic E-state index is 14.1. The average Bonchev–Trinajstić information content (AvgIpc) is 3.20. The Morgan fingerprint density at radius 2 is 1.23 bits per heavy atom. The predicted octanol–water partition coefficient (Wildman–Crippen LogP) is 10.3. The second kappa shape index (κ2) is 27.2. The molecule has 0 bridgehead atoms. The minimum absolute atomic E-state index is 0.0656. The lowest BCUT2D eigenvalue weighted by Crippen LogP contribution is -2.57. The van der Waals surface area contributed by atoms with Crippen molar-refractivity contribution in [3.05, 3.63) is 96.1 Å². The van der Waals surface area contributed by atoms with Crippen molar-refractivity contribution in [2.45, 2.75) is 162 Å². The van der Waals surface area contributed by atoms with Crippen molar-refractivity contribution in [1.29, 1.82) is 0 Å². The largest absolute Gasteiger partial charge is 0.459 e. The van der Waals surface area contributed by atoms with Crippen LogP contribution in [-0.4, -0.2) is 41.8 Å². The first-order chi connectivity index (χ1) is 27.6. The molecule has 0 aliphatic carbocycles. The molecule has 0 aliphatic rings. The molecule has 0 radical (unpaired) electrons. The lowest BCUT2D eigenvalue weighted by molar-refractivity contribution is -0.150. The lowest BCUT2D eigenvalue weighted by Gasteiger charge is -2.27. The van der Waals surface area contributed by atoms with Gasteiger partial charge in [0.25, 0.3) is 0 Å². The zero-order valence-corrected chi connectivity index (χ0v) is 35.5. The normalized spacial score (nSPS) is 13.1. The van der Waals surface area contributed by atoms with Gasteiger partial charge in [-0.3, -0.25) is 14.4 Å². The van der Waals surface area contributed by atoms with E-state index in [1.807, 2.05) is 100 Å². The molecule has 0 aromatic heterocycles. The van der Waals surface area contributed by atoms with Crippen molar-refractivity contribution in [2.75, 3.05) is 0 Å². The summed E-state index contributed by atoms with van der Waals surface area (Å²) >= 11 is 0. The molecule has 3 atom stereocenters. The van der Waals surface area contributed by atoms with Gasteiger partial charge in [-0.05, 0) is 72.3 Å². The number of hydrogen-bond donors (Lipinski definition) is 3. The van der Waals surface area contributed by atoms with Gasteiger partial charge in [0.2, 0.25) is 17.7 Å². The smallest absolute Gasteiger partial charge is 0.329 e. The number of fused-ring (bicyclic) bond motifs is 1. The summed E-state index contributed by atoms with van der Waals surface area (Å²) in [5.41, 5.74) is 1.78. The third kappa shape index (κ3) is 18.6. The number of hydrogen-bond acceptors (Lipinski definition) is 5. The van der Waals surface area contributed by atoms with Crippen molar-refractivity contribution >= 4 is 34.5 Å². The molecule has 3 aromatic carbocycles. The molecule has 3 unspecified atom stereocenters. The maximum atomic E-state index is 14.1. The summed E-state index contributed by atoms with van der Waals surface area (Å²) in [4.78, 5) is 54.5. The van der Waals surface area contributed by atoms with Crippen LogP contribution in [0.3, 0.4) is 0 Å². The van der Waals surface area contributed by atoms with Gasteiger partial charge in [-0.1, -0.05) is 171 Å². The lowest BCUT2D eigenvalue weighted by atomic mass is 9.97. The van der Waals surface area contributed by atoms with Gasteiger partial charge in [0.05, 0.1) is 0 Å². The molecule has 0 spiro atoms. The van der Waals surface area contributed by atoms with Gasteiger partial charge in [-0.25, -0.2) is 4.79 Å². The SMILES string of the molecule is CCCCCCCC/C=C\CCCCCCCC(=O)NC(Cc1cccc2ccccc12)C(=O)NC(CC(C)C)C(=O)NC(C(=O)OCc1ccccc1)C(C)C. The van der Waals surface area contributed by atoms with E-state index >= 15 is 0 Å². The molecule has 0 saturated heterocycles. The van der Waals surface area contributed by atoms with E-state index in [0.717, 1.165) is 60.4 Å². The summed E-state index contributed by atoms with van der Waals surface area (Å²) in [6.45, 7) is 9.99. The number of allylic oxidation sites excluding steroid dienone is 2. The van der Waals surface area contributed by atoms with Gasteiger partial charge in [-0.15, -0.1) is 0 Å². The highest BCUT2D eigenvalue weighted by Gasteiger charge is 2.32. The van der Waals surface area contributed by atoms with Crippen LogP contribution in [0.1, 0.15) is 142 Å². The fourth-order valence-corrected chi connectivity index (χ4v) is 7.07. The Kier molecular flexibility index (Phi) is 22.4. The van der Waals surface area contributed by atoms with E-state index in [4.69, 9.17) is 4.74 Å². The van der Waals surface area contributed by atoms with Crippen LogP contribution < -0.4 is 16.0 Å². The zero-order valence-electron chi connectivity index (χ0n) is 35.5. The number of rotatable bonds is 28. The highest BCUT2D eigenvalue weighted by molar-refractivity contribution is 5.94. The number of carbonyl (C=O) groups is 4. The Hall–Kier alpha value is -4.46. The van der Waals surface area contributed by atoms with Gasteiger partial charge in [0.15, 0.2) is 0 Å². The highest BCUT2D eigenvalue weighted by atomic mass is 16.5. The minimum atomic E-state index is -0.919. The Balaban J connectivity index is 1.59. The van der Waals surface area contributed by atoms with Gasteiger partial charge in [0, 0.05) is 12.8 Å². The summed E-state index contributed by atoms with van der Waals surface area (Å²) in [5.74, 6) is -1.80. The van der Waals surface area contributed by atoms with E-state index in [1.54, 1.807) is 0 Å². The second-order valence-corrected chi connectivity index (χ2v) is 16.3. The quantitative estimate of drug-likeness (QED) is 0.0386. The van der Waals surface area contributed by atoms with Crippen LogP contribution >= 0.6 is 0 Å². The third-order valence-corrected chi connectivity index (χ3v) is 10.4. The van der Waals surface area contributed by atoms with Gasteiger partial charge in [-0.2, -0.15) is 0 Å². The number of carbonyl (C=O) groups excluding carboxylic acids is 4. The van der Waals surface area contributed by atoms with E-state index in [9.17, 15) is 19.2 Å². The molecule has 0 saturated carbocycles. The Morgan fingerprint density at radius 3 is 1.89 bits per heavy atom. The van der Waals surface area contributed by atoms with E-state index in [1.165, 1.54) is 44.9 Å². The summed E-state index contributed by atoms with van der Waals surface area (Å²) in [5, 5.41) is 10.9. The second-order valence-electron chi connectivity index (χ2n) is 16.3. The Bertz CT molecular complexity index is 1650. The van der Waals surface area contributed by atoms with Crippen molar-refractivity contribution < 1.29 is 23.9 Å². The van der Waals surface area contributed by atoms with Crippen LogP contribution in [0.5, 0.6) is 0 Å². The van der Waals surface area contributed by atoms with Crippen LogP contribution in [-0.2, 0) is 36.9 Å². The first kappa shape index (κ1) is 46.9. The fraction of sp³-hybridized carbons (Fsp3) is 0.551. The molecular weight excluding hydrogens is 711 g/mol. The number of esters is 1. The van der Waals surface area contributed by atoms with E-state index in [0.29, 0.717) is 12.8 Å². The van der Waals surface area contributed by atoms with E-state index < -0.39 is 35.9 Å². The molecule has 0 fully saturated rings. The van der Waals surface area contributed by atoms with E-state index in [2.05, 4.69) is 35.0 Å². The molecule has 0 heterocycles. The van der Waals surface area contributed by atoms with Crippen LogP contribution in [0.2, 0.25) is 0 Å². The number of benzene rings is 3. The highest BCUT2D eigenvalue weighted by Crippen LogP contribution is 2.21. The number of unbranched alkanes of at least 4 members (excludes halogenated alkanes) is 11. The molecule has 312 valence electrons. The molecule has 57 heavy (non-hydrogen) atoms. The first-order valence-electron chi connectivity index (χ1n) is 21.8. The number of ether oxygens (including phenoxy) is 1. The van der Waals surface area contributed by atoms with Gasteiger partial charge >= 0.3 is 5.97 Å². The summed E-state index contributed by atoms with van der Waals surface area (Å²) in [7, 11) is 0. The molecule has 3 amide bonds. The van der Waals surface area contributed by atoms with Crippen molar-refractivity contribution in [3.63, 3.8) is 0 Å². The first-order valence-corrected chi connectivity index (χ1v) is 21.8. The predicted molar refractivity (Wildman–Crippen MR) is 233 cm³/mol. The Morgan fingerprint density at radius 1 is 0.632 bits per heavy atom.